The zero-order valence-corrected chi connectivity index (χ0v) is 10.4. The first kappa shape index (κ1) is 13.3. The Labute approximate surface area is 108 Å². The van der Waals surface area contributed by atoms with Gasteiger partial charge in [-0.3, -0.25) is 4.79 Å². The Hall–Kier alpha value is -2.11. The first-order valence-electron chi connectivity index (χ1n) is 5.84. The second kappa shape index (κ2) is 4.53. The van der Waals surface area contributed by atoms with Gasteiger partial charge in [0.1, 0.15) is 17.1 Å². The summed E-state index contributed by atoms with van der Waals surface area (Å²) in [5, 5.41) is 19.5. The molecule has 102 valence electrons. The fraction of sp³-hybridized carbons (Fsp3) is 0.385. The van der Waals surface area contributed by atoms with Crippen molar-refractivity contribution in [1.82, 2.24) is 0 Å². The number of carbonyl (C=O) groups excluding carboxylic acids is 2. The van der Waals surface area contributed by atoms with Gasteiger partial charge < -0.3 is 14.9 Å². The Balaban J connectivity index is 2.77. The maximum atomic E-state index is 13.8. The average Bonchev–Trinajstić information content (AvgIpc) is 2.31. The lowest BCUT2D eigenvalue weighted by Crippen LogP contribution is -2.33. The van der Waals surface area contributed by atoms with Gasteiger partial charge in [0, 0.05) is 17.5 Å². The molecule has 1 aliphatic rings. The van der Waals surface area contributed by atoms with Crippen LogP contribution in [0.5, 0.6) is 17.2 Å². The molecule has 0 aromatic heterocycles. The van der Waals surface area contributed by atoms with E-state index in [0.29, 0.717) is 0 Å². The van der Waals surface area contributed by atoms with Crippen LogP contribution >= 0.6 is 0 Å². The number of ether oxygens (including phenoxy) is 1. The Kier molecular flexibility index (Phi) is 3.18. The van der Waals surface area contributed by atoms with E-state index in [2.05, 4.69) is 0 Å². The molecular weight excluding hydrogens is 255 g/mol. The van der Waals surface area contributed by atoms with Crippen LogP contribution in [-0.4, -0.2) is 28.1 Å². The highest BCUT2D eigenvalue weighted by molar-refractivity contribution is 6.02. The zero-order chi connectivity index (χ0) is 14.3. The van der Waals surface area contributed by atoms with E-state index in [1.807, 2.05) is 0 Å². The molecule has 0 saturated carbocycles. The lowest BCUT2D eigenvalue weighted by atomic mass is 9.86. The van der Waals surface area contributed by atoms with Crippen LogP contribution in [0.1, 0.15) is 42.1 Å². The van der Waals surface area contributed by atoms with Crippen molar-refractivity contribution in [3.63, 3.8) is 0 Å². The van der Waals surface area contributed by atoms with Gasteiger partial charge in [-0.05, 0) is 13.3 Å². The third-order valence-corrected chi connectivity index (χ3v) is 3.22. The Morgan fingerprint density at radius 2 is 2.05 bits per heavy atom. The number of hydrogen-bond acceptors (Lipinski definition) is 5. The highest BCUT2D eigenvalue weighted by Crippen LogP contribution is 2.48. The summed E-state index contributed by atoms with van der Waals surface area (Å²) in [6.07, 6.45) is -1.65. The maximum absolute atomic E-state index is 13.8. The van der Waals surface area contributed by atoms with E-state index in [4.69, 9.17) is 4.74 Å². The van der Waals surface area contributed by atoms with Gasteiger partial charge in [0.15, 0.2) is 11.5 Å². The summed E-state index contributed by atoms with van der Waals surface area (Å²) in [6.45, 7) is 2.84. The summed E-state index contributed by atoms with van der Waals surface area (Å²) in [5.41, 5.74) is -0.163. The molecule has 2 rings (SSSR count). The number of fused-ring (bicyclic) bond motifs is 1. The highest BCUT2D eigenvalue weighted by atomic mass is 19.1. The van der Waals surface area contributed by atoms with Gasteiger partial charge in [-0.2, -0.15) is 0 Å². The molecule has 0 aliphatic carbocycles. The number of aromatic hydroxyl groups is 2. The minimum Gasteiger partial charge on any atom is -0.507 e. The molecular formula is C13H13FO5. The Morgan fingerprint density at radius 1 is 1.42 bits per heavy atom. The van der Waals surface area contributed by atoms with E-state index >= 15 is 0 Å². The molecule has 6 heteroatoms. The van der Waals surface area contributed by atoms with Crippen molar-refractivity contribution in [1.29, 1.82) is 0 Å². The molecule has 1 aliphatic heterocycles. The molecule has 0 radical (unpaired) electrons. The molecule has 1 aromatic carbocycles. The van der Waals surface area contributed by atoms with Crippen LogP contribution in [0.15, 0.2) is 6.07 Å². The highest BCUT2D eigenvalue weighted by Gasteiger charge is 2.41. The molecule has 1 aromatic rings. The van der Waals surface area contributed by atoms with Gasteiger partial charge in [0.05, 0.1) is 0 Å². The number of halogens is 1. The number of phenols is 2. The number of ketones is 1. The van der Waals surface area contributed by atoms with E-state index < -0.39 is 29.6 Å². The molecule has 0 bridgehead atoms. The molecule has 2 atom stereocenters. The fourth-order valence-electron chi connectivity index (χ4n) is 2.33. The molecule has 5 nitrogen and oxygen atoms in total. The van der Waals surface area contributed by atoms with Crippen LogP contribution in [0.3, 0.4) is 0 Å². The van der Waals surface area contributed by atoms with Gasteiger partial charge in [-0.1, -0.05) is 6.92 Å². The molecule has 2 N–H and O–H groups in total. The number of benzene rings is 1. The Morgan fingerprint density at radius 3 is 2.58 bits per heavy atom. The molecule has 0 amide bonds. The quantitative estimate of drug-likeness (QED) is 0.487. The number of hydrogen-bond donors (Lipinski definition) is 2. The van der Waals surface area contributed by atoms with E-state index in [-0.39, 0.29) is 29.0 Å². The van der Waals surface area contributed by atoms with Crippen LogP contribution in [0.4, 0.5) is 4.39 Å². The maximum Gasteiger partial charge on any atom is 0.346 e. The van der Waals surface area contributed by atoms with Crippen molar-refractivity contribution in [2.75, 3.05) is 0 Å². The van der Waals surface area contributed by atoms with Crippen LogP contribution in [0, 0.1) is 0 Å². The first-order valence-corrected chi connectivity index (χ1v) is 5.84. The standard InChI is InChI=1S/C13H13FO5/c1-3-6-10-8(17)4-7(16)9(5(2)15)12(10)19-13(18)11(6)14/h4,6,11,16-17H,3H2,1-2H3. The van der Waals surface area contributed by atoms with Gasteiger partial charge in [0.2, 0.25) is 6.17 Å². The van der Waals surface area contributed by atoms with Crippen molar-refractivity contribution in [2.24, 2.45) is 0 Å². The van der Waals surface area contributed by atoms with Gasteiger partial charge in [-0.25, -0.2) is 9.18 Å². The number of rotatable bonds is 2. The monoisotopic (exact) mass is 268 g/mol. The van der Waals surface area contributed by atoms with E-state index in [0.717, 1.165) is 6.07 Å². The molecule has 0 fully saturated rings. The minimum absolute atomic E-state index is 0.0533. The van der Waals surface area contributed by atoms with Crippen LogP contribution in [-0.2, 0) is 4.79 Å². The van der Waals surface area contributed by atoms with Crippen molar-refractivity contribution in [2.45, 2.75) is 32.4 Å². The third-order valence-electron chi connectivity index (χ3n) is 3.22. The zero-order valence-electron chi connectivity index (χ0n) is 10.4. The summed E-state index contributed by atoms with van der Waals surface area (Å²) in [4.78, 5) is 23.0. The molecule has 0 spiro atoms. The minimum atomic E-state index is -1.90. The van der Waals surface area contributed by atoms with Crippen LogP contribution < -0.4 is 4.74 Å². The number of Topliss-reactive ketones (excluding diaryl/α,β-unsaturated/α-hetero) is 1. The van der Waals surface area contributed by atoms with E-state index in [1.165, 1.54) is 6.92 Å². The van der Waals surface area contributed by atoms with Crippen molar-refractivity contribution in [3.05, 3.63) is 17.2 Å². The smallest absolute Gasteiger partial charge is 0.346 e. The van der Waals surface area contributed by atoms with Crippen LogP contribution in [0.2, 0.25) is 0 Å². The number of esters is 1. The third kappa shape index (κ3) is 1.93. The van der Waals surface area contributed by atoms with Gasteiger partial charge >= 0.3 is 5.97 Å². The molecule has 19 heavy (non-hydrogen) atoms. The lowest BCUT2D eigenvalue weighted by molar-refractivity contribution is -0.142. The predicted octanol–water partition coefficient (Wildman–Crippen LogP) is 2.05. The number of phenolic OH excluding ortho intramolecular Hbond substituents is 2. The number of carbonyl (C=O) groups is 2. The normalized spacial score (nSPS) is 21.7. The lowest BCUT2D eigenvalue weighted by Gasteiger charge is -2.28. The number of alkyl halides is 1. The molecule has 0 saturated heterocycles. The van der Waals surface area contributed by atoms with E-state index in [9.17, 15) is 24.2 Å². The summed E-state index contributed by atoms with van der Waals surface area (Å²) in [6, 6.07) is 0.962. The van der Waals surface area contributed by atoms with Gasteiger partial charge in [-0.15, -0.1) is 0 Å². The van der Waals surface area contributed by atoms with Gasteiger partial charge in [0.25, 0.3) is 0 Å². The summed E-state index contributed by atoms with van der Waals surface area (Å²) in [7, 11) is 0. The summed E-state index contributed by atoms with van der Waals surface area (Å²) >= 11 is 0. The average molecular weight is 268 g/mol. The molecule has 2 unspecified atom stereocenters. The first-order chi connectivity index (χ1) is 8.88. The Bertz CT molecular complexity index is 567. The van der Waals surface area contributed by atoms with Crippen LogP contribution in [0.25, 0.3) is 0 Å². The SMILES string of the molecule is CCC1c2c(O)cc(O)c(C(C)=O)c2OC(=O)C1F. The fourth-order valence-corrected chi connectivity index (χ4v) is 2.33. The van der Waals surface area contributed by atoms with Crippen molar-refractivity contribution >= 4 is 11.8 Å². The summed E-state index contributed by atoms with van der Waals surface area (Å²) < 4.78 is 18.6. The second-order valence-corrected chi connectivity index (χ2v) is 4.43. The second-order valence-electron chi connectivity index (χ2n) is 4.43. The largest absolute Gasteiger partial charge is 0.507 e. The molecule has 1 heterocycles. The van der Waals surface area contributed by atoms with Crippen molar-refractivity contribution < 1.29 is 28.9 Å². The predicted molar refractivity (Wildman–Crippen MR) is 63.3 cm³/mol. The van der Waals surface area contributed by atoms with Crippen molar-refractivity contribution in [3.8, 4) is 17.2 Å². The topological polar surface area (TPSA) is 83.8 Å². The van der Waals surface area contributed by atoms with E-state index in [1.54, 1.807) is 6.92 Å². The summed E-state index contributed by atoms with van der Waals surface area (Å²) in [5.74, 6) is -3.67.